The number of rotatable bonds is 3. The minimum absolute atomic E-state index is 0.111. The normalized spacial score (nSPS) is 11.1. The van der Waals surface area contributed by atoms with Gasteiger partial charge >= 0.3 is 11.7 Å². The number of aryl methyl sites for hydroxylation is 1. The van der Waals surface area contributed by atoms with E-state index in [1.165, 1.54) is 16.7 Å². The predicted molar refractivity (Wildman–Crippen MR) is 67.7 cm³/mol. The monoisotopic (exact) mass is 274 g/mol. The Morgan fingerprint density at radius 1 is 1.50 bits per heavy atom. The van der Waals surface area contributed by atoms with E-state index in [0.29, 0.717) is 22.7 Å². The van der Waals surface area contributed by atoms with Crippen LogP contribution < -0.4 is 5.69 Å². The fourth-order valence-corrected chi connectivity index (χ4v) is 1.99. The highest BCUT2D eigenvalue weighted by Gasteiger charge is 2.12. The molecule has 0 saturated carbocycles. The molecule has 2 heterocycles. The van der Waals surface area contributed by atoms with Crippen molar-refractivity contribution < 1.29 is 14.4 Å². The topological polar surface area (TPSA) is 114 Å². The maximum absolute atomic E-state index is 11.9. The van der Waals surface area contributed by atoms with E-state index in [1.807, 2.05) is 0 Å². The Balaban J connectivity index is 2.09. The molecule has 0 amide bonds. The van der Waals surface area contributed by atoms with Gasteiger partial charge in [0.15, 0.2) is 5.82 Å². The molecule has 3 aromatic rings. The van der Waals surface area contributed by atoms with Crippen LogP contribution in [0.1, 0.15) is 22.1 Å². The number of carboxylic acids is 1. The number of H-pyrrole nitrogens is 1. The van der Waals surface area contributed by atoms with E-state index >= 15 is 0 Å². The van der Waals surface area contributed by atoms with E-state index in [9.17, 15) is 9.59 Å². The maximum Gasteiger partial charge on any atom is 0.335 e. The third kappa shape index (κ3) is 1.96. The average molecular weight is 274 g/mol. The van der Waals surface area contributed by atoms with E-state index in [4.69, 9.17) is 9.63 Å². The molecule has 0 radical (unpaired) electrons. The van der Waals surface area contributed by atoms with Crippen molar-refractivity contribution >= 4 is 17.0 Å². The van der Waals surface area contributed by atoms with Gasteiger partial charge in [0.1, 0.15) is 6.54 Å². The van der Waals surface area contributed by atoms with E-state index in [1.54, 1.807) is 13.0 Å². The van der Waals surface area contributed by atoms with Crippen LogP contribution >= 0.6 is 0 Å². The molecule has 1 aromatic carbocycles. The van der Waals surface area contributed by atoms with Crippen LogP contribution in [-0.4, -0.2) is 30.8 Å². The Morgan fingerprint density at radius 2 is 2.30 bits per heavy atom. The first-order valence-corrected chi connectivity index (χ1v) is 5.79. The molecule has 0 aliphatic heterocycles. The highest BCUT2D eigenvalue weighted by Crippen LogP contribution is 2.14. The second kappa shape index (κ2) is 4.34. The van der Waals surface area contributed by atoms with Crippen LogP contribution in [0.4, 0.5) is 0 Å². The van der Waals surface area contributed by atoms with Gasteiger partial charge in [0.2, 0.25) is 5.89 Å². The number of hydrogen-bond acceptors (Lipinski definition) is 5. The summed E-state index contributed by atoms with van der Waals surface area (Å²) < 4.78 is 6.39. The Morgan fingerprint density at radius 3 is 2.95 bits per heavy atom. The van der Waals surface area contributed by atoms with Gasteiger partial charge in [-0.3, -0.25) is 4.57 Å². The zero-order valence-corrected chi connectivity index (χ0v) is 10.5. The number of hydrogen-bond donors (Lipinski definition) is 2. The van der Waals surface area contributed by atoms with E-state index in [-0.39, 0.29) is 17.8 Å². The first-order valence-electron chi connectivity index (χ1n) is 5.79. The Bertz CT molecular complexity index is 858. The molecule has 0 bridgehead atoms. The first kappa shape index (κ1) is 12.2. The molecule has 0 atom stereocenters. The summed E-state index contributed by atoms with van der Waals surface area (Å²) in [6, 6.07) is 4.42. The number of imidazole rings is 1. The standard InChI is InChI=1S/C12H10N4O4/c1-6-13-10(20-15-6)5-16-9-3-2-7(11(17)18)4-8(9)14-12(16)19/h2-4H,5H2,1H3,(H,14,19)(H,17,18). The van der Waals surface area contributed by atoms with Crippen LogP contribution in [0.15, 0.2) is 27.5 Å². The second-order valence-corrected chi connectivity index (χ2v) is 4.29. The molecular formula is C12H10N4O4. The summed E-state index contributed by atoms with van der Waals surface area (Å²) in [7, 11) is 0. The average Bonchev–Trinajstić information content (AvgIpc) is 2.94. The predicted octanol–water partition coefficient (Wildman–Crippen LogP) is 0.768. The molecule has 0 spiro atoms. The van der Waals surface area contributed by atoms with Gasteiger partial charge in [-0.25, -0.2) is 9.59 Å². The molecule has 0 aliphatic carbocycles. The van der Waals surface area contributed by atoms with E-state index in [0.717, 1.165) is 0 Å². The van der Waals surface area contributed by atoms with Gasteiger partial charge in [0.05, 0.1) is 16.6 Å². The number of nitrogens with one attached hydrogen (secondary N) is 1. The lowest BCUT2D eigenvalue weighted by molar-refractivity contribution is 0.0697. The zero-order chi connectivity index (χ0) is 14.3. The molecule has 0 aliphatic rings. The fraction of sp³-hybridized carbons (Fsp3) is 0.167. The summed E-state index contributed by atoms with van der Waals surface area (Å²) >= 11 is 0. The molecule has 3 rings (SSSR count). The van der Waals surface area contributed by atoms with Crippen molar-refractivity contribution in [1.29, 1.82) is 0 Å². The lowest BCUT2D eigenvalue weighted by Crippen LogP contribution is -2.17. The highest BCUT2D eigenvalue weighted by atomic mass is 16.5. The van der Waals surface area contributed by atoms with Crippen LogP contribution in [0.3, 0.4) is 0 Å². The lowest BCUT2D eigenvalue weighted by Gasteiger charge is -1.99. The number of aromatic nitrogens is 4. The Labute approximate surface area is 111 Å². The lowest BCUT2D eigenvalue weighted by atomic mass is 10.2. The highest BCUT2D eigenvalue weighted by molar-refractivity contribution is 5.92. The molecular weight excluding hydrogens is 264 g/mol. The molecule has 8 heteroatoms. The summed E-state index contributed by atoms with van der Waals surface area (Å²) in [4.78, 5) is 29.4. The van der Waals surface area contributed by atoms with Crippen molar-refractivity contribution in [3.8, 4) is 0 Å². The fourth-order valence-electron chi connectivity index (χ4n) is 1.99. The summed E-state index contributed by atoms with van der Waals surface area (Å²) in [6.07, 6.45) is 0. The van der Waals surface area contributed by atoms with Crippen molar-refractivity contribution in [2.24, 2.45) is 0 Å². The van der Waals surface area contributed by atoms with Gasteiger partial charge < -0.3 is 14.6 Å². The van der Waals surface area contributed by atoms with E-state index < -0.39 is 5.97 Å². The summed E-state index contributed by atoms with van der Waals surface area (Å²) in [5.41, 5.74) is 0.778. The summed E-state index contributed by atoms with van der Waals surface area (Å²) in [5, 5.41) is 12.6. The quantitative estimate of drug-likeness (QED) is 0.729. The minimum atomic E-state index is -1.05. The van der Waals surface area contributed by atoms with Crippen LogP contribution in [0.2, 0.25) is 0 Å². The third-order valence-corrected chi connectivity index (χ3v) is 2.88. The van der Waals surface area contributed by atoms with Gasteiger partial charge in [0, 0.05) is 0 Å². The molecule has 2 N–H and O–H groups in total. The van der Waals surface area contributed by atoms with Crippen molar-refractivity contribution in [2.45, 2.75) is 13.5 Å². The zero-order valence-electron chi connectivity index (χ0n) is 10.5. The van der Waals surface area contributed by atoms with Gasteiger partial charge in [-0.05, 0) is 25.1 Å². The smallest absolute Gasteiger partial charge is 0.335 e. The molecule has 102 valence electrons. The SMILES string of the molecule is Cc1noc(Cn2c(=O)[nH]c3cc(C(=O)O)ccc32)n1. The largest absolute Gasteiger partial charge is 0.478 e. The van der Waals surface area contributed by atoms with Gasteiger partial charge in [-0.2, -0.15) is 4.98 Å². The first-order chi connectivity index (χ1) is 9.54. The van der Waals surface area contributed by atoms with Crippen LogP contribution in [-0.2, 0) is 6.54 Å². The molecule has 2 aromatic heterocycles. The Hall–Kier alpha value is -2.90. The summed E-state index contributed by atoms with van der Waals surface area (Å²) in [5.74, 6) is -0.248. The van der Waals surface area contributed by atoms with Crippen LogP contribution in [0.25, 0.3) is 11.0 Å². The van der Waals surface area contributed by atoms with Crippen molar-refractivity contribution in [3.63, 3.8) is 0 Å². The maximum atomic E-state index is 11.9. The number of aromatic carboxylic acids is 1. The Kier molecular flexibility index (Phi) is 2.63. The van der Waals surface area contributed by atoms with E-state index in [2.05, 4.69) is 15.1 Å². The molecule has 20 heavy (non-hydrogen) atoms. The molecule has 0 unspecified atom stereocenters. The van der Waals surface area contributed by atoms with Crippen LogP contribution in [0, 0.1) is 6.92 Å². The summed E-state index contributed by atoms with van der Waals surface area (Å²) in [6.45, 7) is 1.82. The van der Waals surface area contributed by atoms with Crippen molar-refractivity contribution in [1.82, 2.24) is 19.7 Å². The number of fused-ring (bicyclic) bond motifs is 1. The minimum Gasteiger partial charge on any atom is -0.478 e. The van der Waals surface area contributed by atoms with Crippen molar-refractivity contribution in [3.05, 3.63) is 46.0 Å². The van der Waals surface area contributed by atoms with Crippen LogP contribution in [0.5, 0.6) is 0 Å². The third-order valence-electron chi connectivity index (χ3n) is 2.88. The molecule has 0 saturated heterocycles. The van der Waals surface area contributed by atoms with Gasteiger partial charge in [-0.15, -0.1) is 0 Å². The number of aromatic amines is 1. The number of benzene rings is 1. The number of carboxylic acid groups (broad SMARTS) is 1. The molecule has 0 fully saturated rings. The number of carbonyl (C=O) groups is 1. The number of nitrogens with zero attached hydrogens (tertiary/aromatic N) is 3. The second-order valence-electron chi connectivity index (χ2n) is 4.29. The molecule has 8 nitrogen and oxygen atoms in total. The van der Waals surface area contributed by atoms with Gasteiger partial charge in [0.25, 0.3) is 0 Å². The van der Waals surface area contributed by atoms with Gasteiger partial charge in [-0.1, -0.05) is 5.16 Å². The van der Waals surface area contributed by atoms with Crippen molar-refractivity contribution in [2.75, 3.05) is 0 Å².